The van der Waals surface area contributed by atoms with Crippen molar-refractivity contribution in [1.82, 2.24) is 14.7 Å². The number of halogens is 2. The number of rotatable bonds is 5. The van der Waals surface area contributed by atoms with Crippen LogP contribution in [0.2, 0.25) is 5.02 Å². The molecule has 0 saturated heterocycles. The van der Waals surface area contributed by atoms with Gasteiger partial charge in [-0.05, 0) is 24.3 Å². The van der Waals surface area contributed by atoms with Gasteiger partial charge in [0.2, 0.25) is 0 Å². The summed E-state index contributed by atoms with van der Waals surface area (Å²) in [5.74, 6) is -0.514. The Hall–Kier alpha value is -2.86. The minimum atomic E-state index is -0.459. The zero-order valence-electron chi connectivity index (χ0n) is 14.3. The number of nitrogens with zero attached hydrogens (tertiary/aromatic N) is 3. The molecule has 0 N–H and O–H groups in total. The Morgan fingerprint density at radius 3 is 2.62 bits per heavy atom. The second-order valence-corrected chi connectivity index (χ2v) is 6.09. The number of amides is 1. The molecule has 0 spiro atoms. The summed E-state index contributed by atoms with van der Waals surface area (Å²) < 4.78 is 20.8. The van der Waals surface area contributed by atoms with Gasteiger partial charge >= 0.3 is 0 Å². The molecule has 0 saturated carbocycles. The first-order valence-electron chi connectivity index (χ1n) is 7.88. The number of aromatic nitrogens is 2. The Kier molecular flexibility index (Phi) is 5.23. The summed E-state index contributed by atoms with van der Waals surface area (Å²) in [6.07, 6.45) is 1.63. The number of hydrogen-bond donors (Lipinski definition) is 0. The van der Waals surface area contributed by atoms with E-state index in [0.717, 1.165) is 5.69 Å². The van der Waals surface area contributed by atoms with E-state index in [1.165, 1.54) is 24.1 Å². The highest BCUT2D eigenvalue weighted by Crippen LogP contribution is 2.24. The Balaban J connectivity index is 1.88. The summed E-state index contributed by atoms with van der Waals surface area (Å²) in [7, 11) is 3.03. The molecule has 1 amide bonds. The second-order valence-electron chi connectivity index (χ2n) is 5.69. The van der Waals surface area contributed by atoms with Crippen LogP contribution in [0.1, 0.15) is 16.1 Å². The van der Waals surface area contributed by atoms with Gasteiger partial charge in [-0.2, -0.15) is 5.10 Å². The maximum absolute atomic E-state index is 14.0. The molecule has 134 valence electrons. The maximum atomic E-state index is 14.0. The number of ether oxygens (including phenoxy) is 1. The Bertz CT molecular complexity index is 908. The molecule has 0 aliphatic heterocycles. The molecule has 0 aliphatic carbocycles. The van der Waals surface area contributed by atoms with Crippen molar-refractivity contribution in [3.05, 3.63) is 76.8 Å². The zero-order chi connectivity index (χ0) is 18.7. The lowest BCUT2D eigenvalue weighted by Crippen LogP contribution is -2.27. The van der Waals surface area contributed by atoms with Gasteiger partial charge in [0.15, 0.2) is 11.4 Å². The van der Waals surface area contributed by atoms with E-state index in [0.29, 0.717) is 5.75 Å². The van der Waals surface area contributed by atoms with Gasteiger partial charge in [-0.15, -0.1) is 0 Å². The van der Waals surface area contributed by atoms with Crippen LogP contribution in [0.5, 0.6) is 5.75 Å². The molecule has 0 aliphatic rings. The second kappa shape index (κ2) is 7.58. The molecule has 0 bridgehead atoms. The predicted molar refractivity (Wildman–Crippen MR) is 97.3 cm³/mol. The van der Waals surface area contributed by atoms with Crippen LogP contribution < -0.4 is 4.74 Å². The highest BCUT2D eigenvalue weighted by atomic mass is 35.5. The molecule has 3 aromatic rings. The molecule has 1 heterocycles. The van der Waals surface area contributed by atoms with E-state index in [-0.39, 0.29) is 22.8 Å². The summed E-state index contributed by atoms with van der Waals surface area (Å²) in [5, 5.41) is 4.60. The summed E-state index contributed by atoms with van der Waals surface area (Å²) in [4.78, 5) is 14.2. The van der Waals surface area contributed by atoms with Crippen molar-refractivity contribution in [2.24, 2.45) is 0 Å². The minimum absolute atomic E-state index is 0.0195. The van der Waals surface area contributed by atoms with Gasteiger partial charge in [-0.3, -0.25) is 4.79 Å². The van der Waals surface area contributed by atoms with Crippen LogP contribution in [0, 0.1) is 5.82 Å². The molecular formula is C19H17ClFN3O2. The fourth-order valence-electron chi connectivity index (χ4n) is 2.54. The van der Waals surface area contributed by atoms with E-state index in [4.69, 9.17) is 16.3 Å². The molecule has 5 nitrogen and oxygen atoms in total. The number of carbonyl (C=O) groups is 1. The third-order valence-corrected chi connectivity index (χ3v) is 4.28. The molecule has 2 aromatic carbocycles. The standard InChI is InChI=1S/C19H17ClFN3O2/c1-23(11-14-15(20)9-6-10-16(14)21)19(25)18-17(26-2)12-24(22-18)13-7-4-3-5-8-13/h3-10,12H,11H2,1-2H3. The lowest BCUT2D eigenvalue weighted by Gasteiger charge is -2.17. The monoisotopic (exact) mass is 373 g/mol. The largest absolute Gasteiger partial charge is 0.493 e. The molecule has 0 atom stereocenters. The van der Waals surface area contributed by atoms with Crippen molar-refractivity contribution >= 4 is 17.5 Å². The smallest absolute Gasteiger partial charge is 0.278 e. The fourth-order valence-corrected chi connectivity index (χ4v) is 2.76. The average molecular weight is 374 g/mol. The number of para-hydroxylation sites is 1. The maximum Gasteiger partial charge on any atom is 0.278 e. The summed E-state index contributed by atoms with van der Waals surface area (Å²) in [6, 6.07) is 13.8. The molecule has 0 unspecified atom stereocenters. The highest BCUT2D eigenvalue weighted by Gasteiger charge is 2.23. The van der Waals surface area contributed by atoms with E-state index in [2.05, 4.69) is 5.10 Å². The van der Waals surface area contributed by atoms with Gasteiger partial charge in [0.25, 0.3) is 5.91 Å². The van der Waals surface area contributed by atoms with Crippen LogP contribution in [-0.4, -0.2) is 34.7 Å². The minimum Gasteiger partial charge on any atom is -0.493 e. The molecule has 3 rings (SSSR count). The first-order chi connectivity index (χ1) is 12.5. The quantitative estimate of drug-likeness (QED) is 0.680. The van der Waals surface area contributed by atoms with E-state index in [1.54, 1.807) is 24.0 Å². The molecule has 1 aromatic heterocycles. The van der Waals surface area contributed by atoms with Crippen molar-refractivity contribution in [3.8, 4) is 11.4 Å². The Labute approximate surface area is 155 Å². The van der Waals surface area contributed by atoms with E-state index in [1.807, 2.05) is 30.3 Å². The molecule has 26 heavy (non-hydrogen) atoms. The van der Waals surface area contributed by atoms with Crippen molar-refractivity contribution in [2.45, 2.75) is 6.54 Å². The van der Waals surface area contributed by atoms with E-state index >= 15 is 0 Å². The first-order valence-corrected chi connectivity index (χ1v) is 8.26. The van der Waals surface area contributed by atoms with Crippen molar-refractivity contribution in [1.29, 1.82) is 0 Å². The lowest BCUT2D eigenvalue weighted by atomic mass is 10.2. The number of methoxy groups -OCH3 is 1. The van der Waals surface area contributed by atoms with Crippen molar-refractivity contribution in [2.75, 3.05) is 14.2 Å². The van der Waals surface area contributed by atoms with Gasteiger partial charge in [-0.25, -0.2) is 9.07 Å². The zero-order valence-corrected chi connectivity index (χ0v) is 15.1. The normalized spacial score (nSPS) is 10.6. The van der Waals surface area contributed by atoms with E-state index < -0.39 is 11.7 Å². The van der Waals surface area contributed by atoms with Gasteiger partial charge < -0.3 is 9.64 Å². The van der Waals surface area contributed by atoms with E-state index in [9.17, 15) is 9.18 Å². The van der Waals surface area contributed by atoms with Crippen LogP contribution >= 0.6 is 11.6 Å². The summed E-state index contributed by atoms with van der Waals surface area (Å²) in [5.41, 5.74) is 1.20. The fraction of sp³-hybridized carbons (Fsp3) is 0.158. The number of hydrogen-bond acceptors (Lipinski definition) is 3. The topological polar surface area (TPSA) is 47.4 Å². The third-order valence-electron chi connectivity index (χ3n) is 3.93. The Morgan fingerprint density at radius 2 is 1.96 bits per heavy atom. The summed E-state index contributed by atoms with van der Waals surface area (Å²) in [6.45, 7) is 0.0195. The number of carbonyl (C=O) groups excluding carboxylic acids is 1. The van der Waals surface area contributed by atoms with Crippen molar-refractivity contribution < 1.29 is 13.9 Å². The molecule has 0 fully saturated rings. The van der Waals surface area contributed by atoms with Crippen LogP contribution in [0.15, 0.2) is 54.7 Å². The third kappa shape index (κ3) is 3.55. The van der Waals surface area contributed by atoms with Gasteiger partial charge in [0, 0.05) is 17.6 Å². The van der Waals surface area contributed by atoms with Gasteiger partial charge in [0.05, 0.1) is 25.5 Å². The molecular weight excluding hydrogens is 357 g/mol. The van der Waals surface area contributed by atoms with Crippen LogP contribution in [0.25, 0.3) is 5.69 Å². The van der Waals surface area contributed by atoms with Crippen LogP contribution in [-0.2, 0) is 6.54 Å². The lowest BCUT2D eigenvalue weighted by molar-refractivity contribution is 0.0774. The van der Waals surface area contributed by atoms with Crippen LogP contribution in [0.4, 0.5) is 4.39 Å². The summed E-state index contributed by atoms with van der Waals surface area (Å²) >= 11 is 6.04. The van der Waals surface area contributed by atoms with Crippen molar-refractivity contribution in [3.63, 3.8) is 0 Å². The number of benzene rings is 2. The van der Waals surface area contributed by atoms with Gasteiger partial charge in [-0.1, -0.05) is 35.9 Å². The first kappa shape index (κ1) is 17.9. The average Bonchev–Trinajstić information content (AvgIpc) is 3.09. The molecule has 0 radical (unpaired) electrons. The van der Waals surface area contributed by atoms with Crippen LogP contribution in [0.3, 0.4) is 0 Å². The van der Waals surface area contributed by atoms with Gasteiger partial charge in [0.1, 0.15) is 5.82 Å². The molecule has 7 heteroatoms. The predicted octanol–water partition coefficient (Wildman–Crippen LogP) is 3.95. The Morgan fingerprint density at radius 1 is 1.23 bits per heavy atom. The highest BCUT2D eigenvalue weighted by molar-refractivity contribution is 6.31. The SMILES string of the molecule is COc1cn(-c2ccccc2)nc1C(=O)N(C)Cc1c(F)cccc1Cl.